The minimum atomic E-state index is -0.493. The van der Waals surface area contributed by atoms with Crippen molar-refractivity contribution in [1.82, 2.24) is 5.43 Å². The number of ether oxygens (including phenoxy) is 2. The van der Waals surface area contributed by atoms with E-state index in [1.165, 1.54) is 32.4 Å². The smallest absolute Gasteiger partial charge is 0.308 e. The average molecular weight is 381 g/mol. The first-order valence-corrected chi connectivity index (χ1v) is 7.81. The van der Waals surface area contributed by atoms with Gasteiger partial charge in [0.1, 0.15) is 0 Å². The zero-order valence-electron chi connectivity index (χ0n) is 13.4. The Balaban J connectivity index is 2.10. The zero-order chi connectivity index (χ0) is 18.4. The van der Waals surface area contributed by atoms with Crippen LogP contribution in [0, 0.1) is 0 Å². The molecule has 1 N–H and O–H groups in total. The molecule has 0 atom stereocenters. The largest absolute Gasteiger partial charge is 0.493 e. The molecule has 0 aliphatic rings. The predicted molar refractivity (Wildman–Crippen MR) is 95.8 cm³/mol. The van der Waals surface area contributed by atoms with E-state index in [0.717, 1.165) is 0 Å². The van der Waals surface area contributed by atoms with E-state index in [4.69, 9.17) is 32.7 Å². The van der Waals surface area contributed by atoms with Crippen molar-refractivity contribution in [2.75, 3.05) is 7.11 Å². The number of nitrogens with one attached hydrogen (secondary N) is 1. The molecule has 25 heavy (non-hydrogen) atoms. The number of methoxy groups -OCH3 is 1. The highest BCUT2D eigenvalue weighted by Crippen LogP contribution is 2.27. The van der Waals surface area contributed by atoms with Crippen LogP contribution in [0.1, 0.15) is 22.8 Å². The Bertz CT molecular complexity index is 837. The summed E-state index contributed by atoms with van der Waals surface area (Å²) in [5, 5.41) is 4.53. The van der Waals surface area contributed by atoms with Crippen LogP contribution < -0.4 is 14.9 Å². The molecule has 0 aliphatic carbocycles. The summed E-state index contributed by atoms with van der Waals surface area (Å²) in [5.41, 5.74) is 3.21. The first-order chi connectivity index (χ1) is 11.9. The van der Waals surface area contributed by atoms with Crippen molar-refractivity contribution in [3.05, 3.63) is 57.6 Å². The standard InChI is InChI=1S/C17H14Cl2N2O4/c1-10(22)25-15-6-3-11(7-16(15)24-2)9-20-21-17(23)13-8-12(18)4-5-14(13)19/h3-9H,1-2H3,(H,21,23)/b20-9-. The molecule has 0 radical (unpaired) electrons. The lowest BCUT2D eigenvalue weighted by atomic mass is 10.2. The van der Waals surface area contributed by atoms with Gasteiger partial charge in [-0.3, -0.25) is 9.59 Å². The summed E-state index contributed by atoms with van der Waals surface area (Å²) in [6.45, 7) is 1.30. The average Bonchev–Trinajstić information content (AvgIpc) is 2.57. The molecule has 0 aliphatic heterocycles. The second-order valence-electron chi connectivity index (χ2n) is 4.83. The Kier molecular flexibility index (Phi) is 6.38. The van der Waals surface area contributed by atoms with Gasteiger partial charge in [-0.2, -0.15) is 5.10 Å². The summed E-state index contributed by atoms with van der Waals surface area (Å²) in [7, 11) is 1.45. The van der Waals surface area contributed by atoms with Gasteiger partial charge in [-0.05, 0) is 42.0 Å². The monoisotopic (exact) mass is 380 g/mol. The van der Waals surface area contributed by atoms with Crippen LogP contribution in [0.15, 0.2) is 41.5 Å². The van der Waals surface area contributed by atoms with Gasteiger partial charge in [0.15, 0.2) is 11.5 Å². The highest BCUT2D eigenvalue weighted by atomic mass is 35.5. The Morgan fingerprint density at radius 2 is 1.88 bits per heavy atom. The molecule has 0 spiro atoms. The van der Waals surface area contributed by atoms with Crippen molar-refractivity contribution in [1.29, 1.82) is 0 Å². The van der Waals surface area contributed by atoms with E-state index in [9.17, 15) is 9.59 Å². The molecule has 0 heterocycles. The van der Waals surface area contributed by atoms with Crippen molar-refractivity contribution in [2.24, 2.45) is 5.10 Å². The first-order valence-electron chi connectivity index (χ1n) is 7.05. The molecule has 2 rings (SSSR count). The number of benzene rings is 2. The molecule has 0 fully saturated rings. The van der Waals surface area contributed by atoms with E-state index < -0.39 is 11.9 Å². The second kappa shape index (κ2) is 8.50. The van der Waals surface area contributed by atoms with Crippen LogP contribution in [0.4, 0.5) is 0 Å². The fraction of sp³-hybridized carbons (Fsp3) is 0.118. The van der Waals surface area contributed by atoms with Crippen molar-refractivity contribution >= 4 is 41.3 Å². The van der Waals surface area contributed by atoms with Crippen LogP contribution in [0.5, 0.6) is 11.5 Å². The van der Waals surface area contributed by atoms with Crippen LogP contribution in [0.3, 0.4) is 0 Å². The van der Waals surface area contributed by atoms with Crippen molar-refractivity contribution in [3.8, 4) is 11.5 Å². The van der Waals surface area contributed by atoms with Crippen LogP contribution in [-0.4, -0.2) is 25.2 Å². The van der Waals surface area contributed by atoms with Gasteiger partial charge >= 0.3 is 5.97 Å². The molecule has 130 valence electrons. The Morgan fingerprint density at radius 3 is 2.56 bits per heavy atom. The van der Waals surface area contributed by atoms with Gasteiger partial charge < -0.3 is 9.47 Å². The SMILES string of the molecule is COc1cc(/C=N\NC(=O)c2cc(Cl)ccc2Cl)ccc1OC(C)=O. The maximum atomic E-state index is 12.1. The van der Waals surface area contributed by atoms with Gasteiger partial charge in [0.25, 0.3) is 5.91 Å². The third-order valence-electron chi connectivity index (χ3n) is 2.99. The zero-order valence-corrected chi connectivity index (χ0v) is 14.9. The number of hydrogen-bond donors (Lipinski definition) is 1. The van der Waals surface area contributed by atoms with Gasteiger partial charge in [-0.15, -0.1) is 0 Å². The second-order valence-corrected chi connectivity index (χ2v) is 5.67. The fourth-order valence-electron chi connectivity index (χ4n) is 1.90. The topological polar surface area (TPSA) is 77.0 Å². The van der Waals surface area contributed by atoms with Gasteiger partial charge in [0.05, 0.1) is 23.9 Å². The van der Waals surface area contributed by atoms with E-state index in [1.54, 1.807) is 24.3 Å². The minimum absolute atomic E-state index is 0.217. The predicted octanol–water partition coefficient (Wildman–Crippen LogP) is 3.69. The van der Waals surface area contributed by atoms with E-state index in [1.807, 2.05) is 0 Å². The quantitative estimate of drug-likeness (QED) is 0.371. The summed E-state index contributed by atoms with van der Waals surface area (Å²) in [5.74, 6) is -0.289. The Morgan fingerprint density at radius 1 is 1.12 bits per heavy atom. The molecular formula is C17H14Cl2N2O4. The van der Waals surface area contributed by atoms with Crippen LogP contribution >= 0.6 is 23.2 Å². The molecule has 0 saturated carbocycles. The number of rotatable bonds is 5. The molecule has 1 amide bonds. The van der Waals surface area contributed by atoms with E-state index in [-0.39, 0.29) is 10.6 Å². The van der Waals surface area contributed by atoms with Crippen molar-refractivity contribution in [2.45, 2.75) is 6.92 Å². The third kappa shape index (κ3) is 5.20. The lowest BCUT2D eigenvalue weighted by Crippen LogP contribution is -2.18. The Hall–Kier alpha value is -2.57. The van der Waals surface area contributed by atoms with Gasteiger partial charge in [-0.25, -0.2) is 5.43 Å². The lowest BCUT2D eigenvalue weighted by molar-refractivity contribution is -0.132. The van der Waals surface area contributed by atoms with Gasteiger partial charge in [0, 0.05) is 11.9 Å². The van der Waals surface area contributed by atoms with Crippen molar-refractivity contribution in [3.63, 3.8) is 0 Å². The fourth-order valence-corrected chi connectivity index (χ4v) is 2.28. The number of halogens is 2. The maximum Gasteiger partial charge on any atom is 0.308 e. The summed E-state index contributed by atoms with van der Waals surface area (Å²) < 4.78 is 10.2. The Labute approximate surface area is 154 Å². The minimum Gasteiger partial charge on any atom is -0.493 e. The number of esters is 1. The molecule has 0 bridgehead atoms. The molecular weight excluding hydrogens is 367 g/mol. The number of hydrazone groups is 1. The van der Waals surface area contributed by atoms with E-state index in [0.29, 0.717) is 22.1 Å². The highest BCUT2D eigenvalue weighted by molar-refractivity contribution is 6.35. The van der Waals surface area contributed by atoms with Gasteiger partial charge in [0.2, 0.25) is 0 Å². The van der Waals surface area contributed by atoms with E-state index in [2.05, 4.69) is 10.5 Å². The molecule has 2 aromatic carbocycles. The summed E-state index contributed by atoms with van der Waals surface area (Å²) >= 11 is 11.8. The maximum absolute atomic E-state index is 12.1. The normalized spacial score (nSPS) is 10.6. The molecule has 6 nitrogen and oxygen atoms in total. The number of carbonyl (C=O) groups is 2. The number of carbonyl (C=O) groups excluding carboxylic acids is 2. The van der Waals surface area contributed by atoms with Crippen LogP contribution in [0.2, 0.25) is 10.0 Å². The lowest BCUT2D eigenvalue weighted by Gasteiger charge is -2.08. The number of amides is 1. The molecule has 0 saturated heterocycles. The van der Waals surface area contributed by atoms with Crippen molar-refractivity contribution < 1.29 is 19.1 Å². The third-order valence-corrected chi connectivity index (χ3v) is 3.56. The molecule has 8 heteroatoms. The first kappa shape index (κ1) is 18.8. The summed E-state index contributed by atoms with van der Waals surface area (Å²) in [4.78, 5) is 23.1. The molecule has 2 aromatic rings. The number of nitrogens with zero attached hydrogens (tertiary/aromatic N) is 1. The van der Waals surface area contributed by atoms with E-state index >= 15 is 0 Å². The van der Waals surface area contributed by atoms with Crippen LogP contribution in [0.25, 0.3) is 0 Å². The molecule has 0 aromatic heterocycles. The highest BCUT2D eigenvalue weighted by Gasteiger charge is 2.10. The van der Waals surface area contributed by atoms with Gasteiger partial charge in [-0.1, -0.05) is 23.2 Å². The summed E-state index contributed by atoms with van der Waals surface area (Å²) in [6, 6.07) is 9.40. The van der Waals surface area contributed by atoms with Crippen LogP contribution in [-0.2, 0) is 4.79 Å². The molecule has 0 unspecified atom stereocenters. The summed E-state index contributed by atoms with van der Waals surface area (Å²) in [6.07, 6.45) is 1.41. The number of hydrogen-bond acceptors (Lipinski definition) is 5.